The van der Waals surface area contributed by atoms with Crippen LogP contribution in [0.1, 0.15) is 6.42 Å². The summed E-state index contributed by atoms with van der Waals surface area (Å²) in [5.41, 5.74) is 1.26. The molecule has 4 nitrogen and oxygen atoms in total. The van der Waals surface area contributed by atoms with Gasteiger partial charge in [0.25, 0.3) is 0 Å². The summed E-state index contributed by atoms with van der Waals surface area (Å²) < 4.78 is 93.3. The predicted molar refractivity (Wildman–Crippen MR) is 40.0 cm³/mol. The molecule has 0 aromatic heterocycles. The number of nitrogens with zero attached hydrogens (tertiary/aromatic N) is 1. The monoisotopic (exact) mass is 270 g/mol. The van der Waals surface area contributed by atoms with Gasteiger partial charge in [-0.2, -0.15) is 35.5 Å². The van der Waals surface area contributed by atoms with Crippen molar-refractivity contribution < 1.29 is 34.3 Å². The van der Waals surface area contributed by atoms with Crippen molar-refractivity contribution in [3.05, 3.63) is 0 Å². The first kappa shape index (κ1) is 13.1. The van der Waals surface area contributed by atoms with E-state index in [0.717, 1.165) is 0 Å². The summed E-state index contributed by atoms with van der Waals surface area (Å²) in [6.07, 6.45) is -7.22. The molecule has 0 aliphatic carbocycles. The van der Waals surface area contributed by atoms with Gasteiger partial charge in [0.1, 0.15) is 6.04 Å². The molecule has 16 heavy (non-hydrogen) atoms. The highest BCUT2D eigenvalue weighted by molar-refractivity contribution is 8.02. The topological polar surface area (TPSA) is 58.5 Å². The fourth-order valence-corrected chi connectivity index (χ4v) is 1.50. The van der Waals surface area contributed by atoms with Gasteiger partial charge in [0.05, 0.1) is 0 Å². The Morgan fingerprint density at radius 3 is 2.06 bits per heavy atom. The van der Waals surface area contributed by atoms with Crippen LogP contribution in [0, 0.1) is 0 Å². The summed E-state index contributed by atoms with van der Waals surface area (Å²) in [4.78, 5) is 0. The second kappa shape index (κ2) is 3.50. The maximum absolute atomic E-state index is 12.6. The molecule has 0 amide bonds. The molecule has 0 bridgehead atoms. The fourth-order valence-electron chi connectivity index (χ4n) is 0.977. The molecule has 1 unspecified atom stereocenters. The van der Waals surface area contributed by atoms with E-state index in [-0.39, 0.29) is 0 Å². The SMILES string of the molecule is O=S(=O)(F)C1=NNC(C(F)(F)C(F)(F)F)C1. The van der Waals surface area contributed by atoms with Gasteiger partial charge in [-0.05, 0) is 0 Å². The van der Waals surface area contributed by atoms with Crippen molar-refractivity contribution in [2.24, 2.45) is 5.10 Å². The molecule has 0 spiro atoms. The molecule has 94 valence electrons. The third-order valence-electron chi connectivity index (χ3n) is 1.82. The van der Waals surface area contributed by atoms with E-state index in [1.807, 2.05) is 0 Å². The second-order valence-corrected chi connectivity index (χ2v) is 4.30. The predicted octanol–water partition coefficient (Wildman–Crippen LogP) is 1.16. The molecular weight excluding hydrogens is 266 g/mol. The minimum absolute atomic E-state index is 1.26. The molecule has 1 aliphatic rings. The van der Waals surface area contributed by atoms with E-state index in [4.69, 9.17) is 0 Å². The number of nitrogens with one attached hydrogen (secondary N) is 1. The normalized spacial score (nSPS) is 22.9. The number of halogens is 6. The molecule has 0 saturated carbocycles. The van der Waals surface area contributed by atoms with Gasteiger partial charge in [0, 0.05) is 6.42 Å². The van der Waals surface area contributed by atoms with Crippen LogP contribution in [-0.4, -0.2) is 31.6 Å². The van der Waals surface area contributed by atoms with Crippen molar-refractivity contribution in [3.8, 4) is 0 Å². The molecule has 0 saturated heterocycles. The van der Waals surface area contributed by atoms with E-state index in [1.165, 1.54) is 5.43 Å². The van der Waals surface area contributed by atoms with E-state index in [2.05, 4.69) is 5.10 Å². The molecule has 0 fully saturated rings. The van der Waals surface area contributed by atoms with Crippen LogP contribution in [0.4, 0.5) is 25.8 Å². The zero-order valence-electron chi connectivity index (χ0n) is 7.22. The molecule has 0 aromatic carbocycles. The standard InChI is InChI=1S/C5H4F6N2O2S/c6-4(7,5(8,9)10)2-1-3(13-12-2)16(11,14)15/h2,12H,1H2. The van der Waals surface area contributed by atoms with Gasteiger partial charge in [-0.15, -0.1) is 0 Å². The first-order valence-corrected chi connectivity index (χ1v) is 5.06. The van der Waals surface area contributed by atoms with Crippen LogP contribution in [0.15, 0.2) is 5.10 Å². The number of hydrogen-bond donors (Lipinski definition) is 1. The third-order valence-corrected chi connectivity index (χ3v) is 2.64. The Bertz CT molecular complexity index is 413. The van der Waals surface area contributed by atoms with Crippen LogP contribution in [0.3, 0.4) is 0 Å². The van der Waals surface area contributed by atoms with Crippen LogP contribution in [-0.2, 0) is 10.2 Å². The van der Waals surface area contributed by atoms with E-state index < -0.39 is 39.8 Å². The highest BCUT2D eigenvalue weighted by Crippen LogP contribution is 2.40. The Labute approximate surface area is 85.5 Å². The third kappa shape index (κ3) is 2.23. The Kier molecular flexibility index (Phi) is 2.86. The summed E-state index contributed by atoms with van der Waals surface area (Å²) in [7, 11) is -5.35. The smallest absolute Gasteiger partial charge is 0.299 e. The minimum atomic E-state index is -5.87. The van der Waals surface area contributed by atoms with Crippen LogP contribution >= 0.6 is 0 Å². The molecule has 1 heterocycles. The largest absolute Gasteiger partial charge is 0.455 e. The first-order valence-electron chi connectivity index (χ1n) is 3.67. The van der Waals surface area contributed by atoms with Gasteiger partial charge in [0.15, 0.2) is 5.04 Å². The lowest BCUT2D eigenvalue weighted by molar-refractivity contribution is -0.291. The Morgan fingerprint density at radius 2 is 1.75 bits per heavy atom. The van der Waals surface area contributed by atoms with Crippen molar-refractivity contribution >= 4 is 15.3 Å². The summed E-state index contributed by atoms with van der Waals surface area (Å²) >= 11 is 0. The van der Waals surface area contributed by atoms with Crippen LogP contribution in [0.5, 0.6) is 0 Å². The maximum atomic E-state index is 12.6. The number of hydrazone groups is 1. The quantitative estimate of drug-likeness (QED) is 0.574. The second-order valence-electron chi connectivity index (χ2n) is 2.95. The van der Waals surface area contributed by atoms with Crippen molar-refractivity contribution in [3.63, 3.8) is 0 Å². The molecule has 0 aromatic rings. The molecule has 1 aliphatic heterocycles. The summed E-state index contributed by atoms with van der Waals surface area (Å²) in [6, 6.07) is -2.62. The lowest BCUT2D eigenvalue weighted by Gasteiger charge is -2.24. The Morgan fingerprint density at radius 1 is 1.25 bits per heavy atom. The van der Waals surface area contributed by atoms with Crippen LogP contribution < -0.4 is 5.43 Å². The van der Waals surface area contributed by atoms with Gasteiger partial charge in [0.2, 0.25) is 0 Å². The molecule has 1 N–H and O–H groups in total. The highest BCUT2D eigenvalue weighted by Gasteiger charge is 2.64. The lowest BCUT2D eigenvalue weighted by Crippen LogP contribution is -2.51. The first-order chi connectivity index (χ1) is 6.96. The average Bonchev–Trinajstić information content (AvgIpc) is 2.47. The van der Waals surface area contributed by atoms with Gasteiger partial charge in [-0.1, -0.05) is 3.89 Å². The van der Waals surface area contributed by atoms with Crippen molar-refractivity contribution in [2.45, 2.75) is 24.6 Å². The van der Waals surface area contributed by atoms with Gasteiger partial charge in [-0.25, -0.2) is 0 Å². The Balaban J connectivity index is 2.86. The number of alkyl halides is 5. The lowest BCUT2D eigenvalue weighted by atomic mass is 10.1. The van der Waals surface area contributed by atoms with Crippen LogP contribution in [0.2, 0.25) is 0 Å². The molecule has 11 heteroatoms. The van der Waals surface area contributed by atoms with Gasteiger partial charge >= 0.3 is 22.3 Å². The zero-order valence-corrected chi connectivity index (χ0v) is 8.04. The summed E-state index contributed by atoms with van der Waals surface area (Å²) in [5.74, 6) is -5.19. The summed E-state index contributed by atoms with van der Waals surface area (Å²) in [6.45, 7) is 0. The highest BCUT2D eigenvalue weighted by atomic mass is 32.3. The number of hydrogen-bond acceptors (Lipinski definition) is 4. The fraction of sp³-hybridized carbons (Fsp3) is 0.800. The van der Waals surface area contributed by atoms with E-state index in [9.17, 15) is 34.3 Å². The molecule has 1 atom stereocenters. The van der Waals surface area contributed by atoms with Crippen molar-refractivity contribution in [1.82, 2.24) is 5.43 Å². The minimum Gasteiger partial charge on any atom is -0.299 e. The maximum Gasteiger partial charge on any atom is 0.455 e. The van der Waals surface area contributed by atoms with Crippen molar-refractivity contribution in [2.75, 3.05) is 0 Å². The van der Waals surface area contributed by atoms with E-state index in [0.29, 0.717) is 0 Å². The van der Waals surface area contributed by atoms with Gasteiger partial charge in [-0.3, -0.25) is 5.43 Å². The average molecular weight is 270 g/mol. The number of rotatable bonds is 1. The van der Waals surface area contributed by atoms with Crippen molar-refractivity contribution in [1.29, 1.82) is 0 Å². The van der Waals surface area contributed by atoms with E-state index >= 15 is 0 Å². The van der Waals surface area contributed by atoms with E-state index in [1.54, 1.807) is 0 Å². The summed E-state index contributed by atoms with van der Waals surface area (Å²) in [5, 5.41) is 1.22. The molecule has 0 radical (unpaired) electrons. The Hall–Kier alpha value is -1.00. The van der Waals surface area contributed by atoms with Gasteiger partial charge < -0.3 is 0 Å². The zero-order chi connectivity index (χ0) is 12.8. The molecular formula is C5H4F6N2O2S. The molecule has 1 rings (SSSR count). The van der Waals surface area contributed by atoms with Crippen LogP contribution in [0.25, 0.3) is 0 Å².